The standard InChI is InChI=1S/C12H10N2O3/c15-9-4-14-5-10(16)12-7(9)2-1-3-8(12)13-11(17)6-14/h1-3H,4-6H2,(H,13,17). The van der Waals surface area contributed by atoms with Crippen molar-refractivity contribution in [1.29, 1.82) is 0 Å². The van der Waals surface area contributed by atoms with Gasteiger partial charge in [-0.2, -0.15) is 0 Å². The Morgan fingerprint density at radius 1 is 1.00 bits per heavy atom. The molecule has 17 heavy (non-hydrogen) atoms. The van der Waals surface area contributed by atoms with Gasteiger partial charge in [0.15, 0.2) is 11.6 Å². The van der Waals surface area contributed by atoms with E-state index in [1.54, 1.807) is 23.1 Å². The highest BCUT2D eigenvalue weighted by Crippen LogP contribution is 2.25. The number of carbonyl (C=O) groups is 3. The van der Waals surface area contributed by atoms with Gasteiger partial charge >= 0.3 is 0 Å². The van der Waals surface area contributed by atoms with Gasteiger partial charge < -0.3 is 5.32 Å². The summed E-state index contributed by atoms with van der Waals surface area (Å²) in [6, 6.07) is 4.98. The Hall–Kier alpha value is -2.01. The number of nitrogens with one attached hydrogen (secondary N) is 1. The predicted octanol–water partition coefficient (Wildman–Crippen LogP) is 0.320. The molecule has 5 nitrogen and oxygen atoms in total. The molecule has 1 aromatic carbocycles. The second-order valence-electron chi connectivity index (χ2n) is 4.27. The van der Waals surface area contributed by atoms with Crippen LogP contribution in [0.1, 0.15) is 20.7 Å². The van der Waals surface area contributed by atoms with Crippen LogP contribution in [0.5, 0.6) is 0 Å². The minimum absolute atomic E-state index is 0.0787. The average Bonchev–Trinajstić information content (AvgIpc) is 2.35. The van der Waals surface area contributed by atoms with Gasteiger partial charge in [0.05, 0.1) is 30.9 Å². The van der Waals surface area contributed by atoms with Gasteiger partial charge in [0.2, 0.25) is 5.91 Å². The summed E-state index contributed by atoms with van der Waals surface area (Å²) in [5, 5.41) is 2.67. The third-order valence-corrected chi connectivity index (χ3v) is 3.02. The summed E-state index contributed by atoms with van der Waals surface area (Å²) in [5.41, 5.74) is 1.22. The highest BCUT2D eigenvalue weighted by Gasteiger charge is 2.31. The Morgan fingerprint density at radius 3 is 2.59 bits per heavy atom. The average molecular weight is 230 g/mol. The summed E-state index contributed by atoms with van der Waals surface area (Å²) < 4.78 is 0. The molecule has 1 aromatic rings. The van der Waals surface area contributed by atoms with Crippen LogP contribution in [0.15, 0.2) is 18.2 Å². The van der Waals surface area contributed by atoms with Crippen LogP contribution in [0.4, 0.5) is 5.69 Å². The Bertz CT molecular complexity index is 551. The van der Waals surface area contributed by atoms with Gasteiger partial charge in [-0.3, -0.25) is 19.3 Å². The maximum absolute atomic E-state index is 12.0. The maximum Gasteiger partial charge on any atom is 0.238 e. The van der Waals surface area contributed by atoms with Crippen LogP contribution >= 0.6 is 0 Å². The van der Waals surface area contributed by atoms with Crippen LogP contribution in [-0.4, -0.2) is 42.0 Å². The first-order valence-corrected chi connectivity index (χ1v) is 5.37. The molecule has 5 heteroatoms. The van der Waals surface area contributed by atoms with Gasteiger partial charge in [0.25, 0.3) is 0 Å². The van der Waals surface area contributed by atoms with Crippen LogP contribution in [0.25, 0.3) is 0 Å². The number of rotatable bonds is 0. The van der Waals surface area contributed by atoms with Crippen molar-refractivity contribution < 1.29 is 14.4 Å². The van der Waals surface area contributed by atoms with Crippen molar-refractivity contribution in [2.24, 2.45) is 0 Å². The number of benzene rings is 1. The molecule has 2 heterocycles. The van der Waals surface area contributed by atoms with Crippen LogP contribution in [0.2, 0.25) is 0 Å². The number of fused-ring (bicyclic) bond motifs is 2. The first-order valence-electron chi connectivity index (χ1n) is 5.37. The number of carbonyl (C=O) groups excluding carboxylic acids is 3. The van der Waals surface area contributed by atoms with E-state index in [0.29, 0.717) is 16.8 Å². The quantitative estimate of drug-likeness (QED) is 0.697. The summed E-state index contributed by atoms with van der Waals surface area (Å²) in [6.45, 7) is 0.328. The predicted molar refractivity (Wildman–Crippen MR) is 60.2 cm³/mol. The zero-order chi connectivity index (χ0) is 12.0. The Labute approximate surface area is 97.4 Å². The number of hydrogen-bond donors (Lipinski definition) is 1. The molecule has 1 unspecified atom stereocenters. The number of nitrogens with zero attached hydrogens (tertiary/aromatic N) is 1. The number of amides is 1. The maximum atomic E-state index is 12.0. The van der Waals surface area contributed by atoms with E-state index >= 15 is 0 Å². The van der Waals surface area contributed by atoms with Gasteiger partial charge in [-0.25, -0.2) is 0 Å². The number of ketones is 2. The lowest BCUT2D eigenvalue weighted by Gasteiger charge is -2.20. The van der Waals surface area contributed by atoms with Crippen molar-refractivity contribution in [2.75, 3.05) is 25.0 Å². The minimum atomic E-state index is -0.189. The lowest BCUT2D eigenvalue weighted by atomic mass is 9.99. The van der Waals surface area contributed by atoms with E-state index in [-0.39, 0.29) is 37.1 Å². The van der Waals surface area contributed by atoms with Gasteiger partial charge in [-0.15, -0.1) is 0 Å². The molecule has 2 bridgehead atoms. The van der Waals surface area contributed by atoms with Crippen molar-refractivity contribution in [1.82, 2.24) is 4.90 Å². The van der Waals surface area contributed by atoms with E-state index in [1.165, 1.54) is 0 Å². The second kappa shape index (κ2) is 3.49. The molecule has 0 aromatic heterocycles. The highest BCUT2D eigenvalue weighted by atomic mass is 16.2. The first-order chi connectivity index (χ1) is 8.15. The molecular formula is C12H10N2O3. The summed E-state index contributed by atoms with van der Waals surface area (Å²) in [5.74, 6) is -0.406. The summed E-state index contributed by atoms with van der Waals surface area (Å²) in [4.78, 5) is 37.2. The lowest BCUT2D eigenvalue weighted by molar-refractivity contribution is -0.117. The van der Waals surface area contributed by atoms with Crippen LogP contribution < -0.4 is 5.32 Å². The molecule has 2 aliphatic rings. The molecule has 2 aliphatic heterocycles. The Balaban J connectivity index is 2.29. The van der Waals surface area contributed by atoms with E-state index in [9.17, 15) is 14.4 Å². The van der Waals surface area contributed by atoms with Gasteiger partial charge in [0.1, 0.15) is 0 Å². The molecule has 0 aliphatic carbocycles. The number of Topliss-reactive ketones (excluding diaryl/α,β-unsaturated/α-hetero) is 2. The first kappa shape index (κ1) is 10.2. The van der Waals surface area contributed by atoms with Crippen molar-refractivity contribution in [3.05, 3.63) is 29.3 Å². The zero-order valence-electron chi connectivity index (χ0n) is 9.03. The fourth-order valence-electron chi connectivity index (χ4n) is 2.32. The van der Waals surface area contributed by atoms with Crippen LogP contribution in [0.3, 0.4) is 0 Å². The molecule has 86 valence electrons. The van der Waals surface area contributed by atoms with Crippen molar-refractivity contribution in [2.45, 2.75) is 0 Å². The molecule has 0 radical (unpaired) electrons. The van der Waals surface area contributed by atoms with Crippen molar-refractivity contribution in [3.8, 4) is 0 Å². The van der Waals surface area contributed by atoms with Crippen LogP contribution in [0, 0.1) is 0 Å². The highest BCUT2D eigenvalue weighted by molar-refractivity contribution is 6.17. The summed E-state index contributed by atoms with van der Waals surface area (Å²) >= 11 is 0. The third-order valence-electron chi connectivity index (χ3n) is 3.02. The number of hydrogen-bond acceptors (Lipinski definition) is 4. The van der Waals surface area contributed by atoms with E-state index < -0.39 is 0 Å². The lowest BCUT2D eigenvalue weighted by Crippen LogP contribution is -2.39. The molecule has 0 saturated carbocycles. The normalized spacial score (nSPS) is 22.8. The molecular weight excluding hydrogens is 220 g/mol. The molecule has 1 N–H and O–H groups in total. The van der Waals surface area contributed by atoms with E-state index in [2.05, 4.69) is 5.32 Å². The van der Waals surface area contributed by atoms with E-state index in [0.717, 1.165) is 0 Å². The van der Waals surface area contributed by atoms with E-state index in [4.69, 9.17) is 0 Å². The van der Waals surface area contributed by atoms with Gasteiger partial charge in [-0.05, 0) is 6.07 Å². The molecule has 0 spiro atoms. The van der Waals surface area contributed by atoms with Crippen molar-refractivity contribution in [3.63, 3.8) is 0 Å². The van der Waals surface area contributed by atoms with Gasteiger partial charge in [0, 0.05) is 5.56 Å². The van der Waals surface area contributed by atoms with Crippen LogP contribution in [-0.2, 0) is 4.79 Å². The molecule has 1 atom stereocenters. The fraction of sp³-hybridized carbons (Fsp3) is 0.250. The van der Waals surface area contributed by atoms with Crippen molar-refractivity contribution >= 4 is 23.2 Å². The smallest absolute Gasteiger partial charge is 0.238 e. The SMILES string of the molecule is O=C1CN2CC(=O)c3cccc(c3C(=O)C2)N1. The second-order valence-corrected chi connectivity index (χ2v) is 4.27. The Kier molecular flexibility index (Phi) is 2.09. The number of anilines is 1. The monoisotopic (exact) mass is 230 g/mol. The Morgan fingerprint density at radius 2 is 1.76 bits per heavy atom. The third kappa shape index (κ3) is 1.55. The molecule has 0 saturated heterocycles. The largest absolute Gasteiger partial charge is 0.324 e. The van der Waals surface area contributed by atoms with Gasteiger partial charge in [-0.1, -0.05) is 12.1 Å². The summed E-state index contributed by atoms with van der Waals surface area (Å²) in [6.07, 6.45) is 0. The fourth-order valence-corrected chi connectivity index (χ4v) is 2.32. The minimum Gasteiger partial charge on any atom is -0.324 e. The summed E-state index contributed by atoms with van der Waals surface area (Å²) in [7, 11) is 0. The molecule has 3 rings (SSSR count). The zero-order valence-corrected chi connectivity index (χ0v) is 9.03. The molecule has 0 fully saturated rings. The topological polar surface area (TPSA) is 66.5 Å². The van der Waals surface area contributed by atoms with E-state index in [1.807, 2.05) is 0 Å². The molecule has 1 amide bonds.